The van der Waals surface area contributed by atoms with Gasteiger partial charge in [-0.05, 0) is 36.7 Å². The number of alkyl halides is 2. The van der Waals surface area contributed by atoms with Crippen molar-refractivity contribution in [2.24, 2.45) is 4.99 Å². The molecular formula is C17H17F2N3O4S. The number of carbonyl (C=O) groups is 1. The lowest BCUT2D eigenvalue weighted by Gasteiger charge is -2.17. The van der Waals surface area contributed by atoms with Crippen LogP contribution in [-0.2, 0) is 4.79 Å². The Labute approximate surface area is 158 Å². The first-order valence-electron chi connectivity index (χ1n) is 8.44. The number of amidine groups is 1. The summed E-state index contributed by atoms with van der Waals surface area (Å²) in [4.78, 5) is 27.2. The molecule has 1 saturated carbocycles. The minimum absolute atomic E-state index is 0.0288. The Bertz CT molecular complexity index is 807. The number of nitro benzene ring substituents is 1. The Hall–Kier alpha value is -2.49. The Morgan fingerprint density at radius 2 is 2.07 bits per heavy atom. The lowest BCUT2D eigenvalue weighted by molar-refractivity contribution is -0.384. The van der Waals surface area contributed by atoms with E-state index in [0.717, 1.165) is 55.6 Å². The summed E-state index contributed by atoms with van der Waals surface area (Å²) >= 11 is 1.09. The maximum Gasteiger partial charge on any atom is 0.387 e. The molecule has 10 heteroatoms. The van der Waals surface area contributed by atoms with Gasteiger partial charge in [0.2, 0.25) is 0 Å². The molecule has 144 valence electrons. The van der Waals surface area contributed by atoms with Crippen molar-refractivity contribution < 1.29 is 23.2 Å². The van der Waals surface area contributed by atoms with E-state index in [-0.39, 0.29) is 27.9 Å². The van der Waals surface area contributed by atoms with Gasteiger partial charge in [0.1, 0.15) is 5.75 Å². The Kier molecular flexibility index (Phi) is 6.04. The lowest BCUT2D eigenvalue weighted by atomic mass is 9.96. The molecule has 1 aromatic carbocycles. The van der Waals surface area contributed by atoms with E-state index in [1.165, 1.54) is 12.5 Å². The molecule has 1 heterocycles. The topological polar surface area (TPSA) is 93.8 Å². The number of thioether (sulfide) groups is 1. The maximum atomic E-state index is 12.6. The highest BCUT2D eigenvalue weighted by Crippen LogP contribution is 2.33. The van der Waals surface area contributed by atoms with Gasteiger partial charge in [0.25, 0.3) is 11.6 Å². The van der Waals surface area contributed by atoms with E-state index in [2.05, 4.69) is 15.0 Å². The van der Waals surface area contributed by atoms with Crippen molar-refractivity contribution >= 4 is 34.6 Å². The predicted octanol–water partition coefficient (Wildman–Crippen LogP) is 4.09. The highest BCUT2D eigenvalue weighted by atomic mass is 32.2. The highest BCUT2D eigenvalue weighted by molar-refractivity contribution is 8.18. The number of hydrogen-bond donors (Lipinski definition) is 1. The smallest absolute Gasteiger partial charge is 0.387 e. The number of halogens is 2. The number of non-ortho nitro benzene ring substituents is 1. The number of aliphatic imine (C=N–C) groups is 1. The van der Waals surface area contributed by atoms with Crippen molar-refractivity contribution in [1.29, 1.82) is 0 Å². The monoisotopic (exact) mass is 397 g/mol. The van der Waals surface area contributed by atoms with Gasteiger partial charge in [-0.2, -0.15) is 8.78 Å². The number of carbonyl (C=O) groups excluding carboxylic acids is 1. The molecule has 2 aliphatic rings. The summed E-state index contributed by atoms with van der Waals surface area (Å²) in [5, 5.41) is 14.1. The summed E-state index contributed by atoms with van der Waals surface area (Å²) in [5.74, 6) is -0.668. The third kappa shape index (κ3) is 5.03. The summed E-state index contributed by atoms with van der Waals surface area (Å²) in [6, 6.07) is 3.41. The number of hydrogen-bond acceptors (Lipinski definition) is 6. The van der Waals surface area contributed by atoms with Crippen LogP contribution in [0.15, 0.2) is 28.1 Å². The zero-order valence-corrected chi connectivity index (χ0v) is 15.0. The van der Waals surface area contributed by atoms with E-state index >= 15 is 0 Å². The molecule has 0 aromatic heterocycles. The third-order valence-corrected chi connectivity index (χ3v) is 5.16. The van der Waals surface area contributed by atoms with E-state index in [4.69, 9.17) is 0 Å². The minimum Gasteiger partial charge on any atom is -0.434 e. The van der Waals surface area contributed by atoms with Gasteiger partial charge < -0.3 is 10.1 Å². The van der Waals surface area contributed by atoms with E-state index in [1.54, 1.807) is 0 Å². The van der Waals surface area contributed by atoms with Crippen LogP contribution in [0.5, 0.6) is 5.75 Å². The van der Waals surface area contributed by atoms with Gasteiger partial charge in [-0.25, -0.2) is 0 Å². The zero-order chi connectivity index (χ0) is 19.4. The van der Waals surface area contributed by atoms with Gasteiger partial charge in [-0.1, -0.05) is 19.3 Å². The van der Waals surface area contributed by atoms with Crippen LogP contribution in [0.1, 0.15) is 37.7 Å². The van der Waals surface area contributed by atoms with Crippen molar-refractivity contribution in [3.05, 3.63) is 38.8 Å². The average molecular weight is 397 g/mol. The number of ether oxygens (including phenoxy) is 1. The molecule has 1 aliphatic carbocycles. The van der Waals surface area contributed by atoms with Crippen LogP contribution in [-0.4, -0.2) is 28.7 Å². The molecule has 1 amide bonds. The quantitative estimate of drug-likeness (QED) is 0.459. The molecular weight excluding hydrogens is 380 g/mol. The van der Waals surface area contributed by atoms with Crippen LogP contribution < -0.4 is 10.1 Å². The molecule has 3 rings (SSSR count). The molecule has 7 nitrogen and oxygen atoms in total. The molecule has 2 fully saturated rings. The van der Waals surface area contributed by atoms with Crippen molar-refractivity contribution in [1.82, 2.24) is 5.32 Å². The fraction of sp³-hybridized carbons (Fsp3) is 0.412. The number of rotatable bonds is 5. The van der Waals surface area contributed by atoms with Crippen molar-refractivity contribution in [3.8, 4) is 5.75 Å². The van der Waals surface area contributed by atoms with Crippen molar-refractivity contribution in [2.45, 2.75) is 44.8 Å². The van der Waals surface area contributed by atoms with E-state index in [9.17, 15) is 23.7 Å². The molecule has 0 bridgehead atoms. The number of benzene rings is 1. The molecule has 27 heavy (non-hydrogen) atoms. The van der Waals surface area contributed by atoms with Gasteiger partial charge in [0.15, 0.2) is 5.17 Å². The van der Waals surface area contributed by atoms with E-state index in [0.29, 0.717) is 5.17 Å². The van der Waals surface area contributed by atoms with Crippen molar-refractivity contribution in [2.75, 3.05) is 0 Å². The molecule has 1 N–H and O–H groups in total. The first kappa shape index (κ1) is 19.3. The van der Waals surface area contributed by atoms with Crippen LogP contribution in [0.4, 0.5) is 14.5 Å². The summed E-state index contributed by atoms with van der Waals surface area (Å²) in [6.45, 7) is -3.09. The van der Waals surface area contributed by atoms with Gasteiger partial charge in [-0.3, -0.25) is 19.9 Å². The number of nitrogens with one attached hydrogen (secondary N) is 1. The van der Waals surface area contributed by atoms with Gasteiger partial charge in [0, 0.05) is 17.7 Å². The second-order valence-electron chi connectivity index (χ2n) is 6.15. The summed E-state index contributed by atoms with van der Waals surface area (Å²) in [5.41, 5.74) is -0.260. The SMILES string of the molecule is O=C1NC(=NC2CCCCC2)S/C1=C\c1cc([N+](=O)[O-])ccc1OC(F)F. The Morgan fingerprint density at radius 1 is 1.33 bits per heavy atom. The predicted molar refractivity (Wildman–Crippen MR) is 97.7 cm³/mol. The molecule has 0 radical (unpaired) electrons. The zero-order valence-electron chi connectivity index (χ0n) is 14.2. The second kappa shape index (κ2) is 8.47. The van der Waals surface area contributed by atoms with Crippen molar-refractivity contribution in [3.63, 3.8) is 0 Å². The maximum absolute atomic E-state index is 12.6. The summed E-state index contributed by atoms with van der Waals surface area (Å²) in [6.07, 6.45) is 6.63. The molecule has 0 unspecified atom stereocenters. The molecule has 1 saturated heterocycles. The van der Waals surface area contributed by atoms with E-state index in [1.807, 2.05) is 0 Å². The standard InChI is InChI=1S/C17H17F2N3O4S/c18-16(19)26-13-7-6-12(22(24)25)8-10(13)9-14-15(23)21-17(27-14)20-11-4-2-1-3-5-11/h6-9,11,16H,1-5H2,(H,20,21,23)/b14-9-. The average Bonchev–Trinajstić information content (AvgIpc) is 2.95. The van der Waals surface area contributed by atoms with Gasteiger partial charge >= 0.3 is 6.61 Å². The minimum atomic E-state index is -3.09. The lowest BCUT2D eigenvalue weighted by Crippen LogP contribution is -2.22. The molecule has 0 spiro atoms. The van der Waals surface area contributed by atoms with Gasteiger partial charge in [0.05, 0.1) is 15.9 Å². The summed E-state index contributed by atoms with van der Waals surface area (Å²) in [7, 11) is 0. The number of nitro groups is 1. The highest BCUT2D eigenvalue weighted by Gasteiger charge is 2.26. The third-order valence-electron chi connectivity index (χ3n) is 4.23. The largest absolute Gasteiger partial charge is 0.434 e. The van der Waals surface area contributed by atoms with Crippen LogP contribution in [0.2, 0.25) is 0 Å². The number of nitrogens with zero attached hydrogens (tertiary/aromatic N) is 2. The van der Waals surface area contributed by atoms with Crippen LogP contribution >= 0.6 is 11.8 Å². The number of amides is 1. The molecule has 1 aliphatic heterocycles. The van der Waals surface area contributed by atoms with E-state index < -0.39 is 17.4 Å². The first-order chi connectivity index (χ1) is 12.9. The fourth-order valence-electron chi connectivity index (χ4n) is 2.97. The first-order valence-corrected chi connectivity index (χ1v) is 9.26. The fourth-order valence-corrected chi connectivity index (χ4v) is 3.85. The Morgan fingerprint density at radius 3 is 2.74 bits per heavy atom. The van der Waals surface area contributed by atoms with Crippen LogP contribution in [0, 0.1) is 10.1 Å². The van der Waals surface area contributed by atoms with Gasteiger partial charge in [-0.15, -0.1) is 0 Å². The van der Waals surface area contributed by atoms with Crippen LogP contribution in [0.3, 0.4) is 0 Å². The Balaban J connectivity index is 1.86. The molecule has 0 atom stereocenters. The normalized spacial score (nSPS) is 21.1. The van der Waals surface area contributed by atoms with Crippen LogP contribution in [0.25, 0.3) is 6.08 Å². The summed E-state index contributed by atoms with van der Waals surface area (Å²) < 4.78 is 29.6. The second-order valence-corrected chi connectivity index (χ2v) is 7.18. The molecule has 1 aromatic rings.